The summed E-state index contributed by atoms with van der Waals surface area (Å²) in [6, 6.07) is 1.72. The molecule has 0 radical (unpaired) electrons. The Balaban J connectivity index is 2.03. The molecule has 1 aliphatic rings. The van der Waals surface area contributed by atoms with Gasteiger partial charge in [-0.15, -0.1) is 0 Å². The number of aldehydes is 1. The minimum Gasteiger partial charge on any atom is -0.467 e. The fourth-order valence-electron chi connectivity index (χ4n) is 1.73. The van der Waals surface area contributed by atoms with Gasteiger partial charge in [-0.25, -0.2) is 0 Å². The van der Waals surface area contributed by atoms with Crippen LogP contribution in [0.25, 0.3) is 0 Å². The smallest absolute Gasteiger partial charge is 0.153 e. The zero-order chi connectivity index (χ0) is 9.10. The molecule has 0 saturated carbocycles. The summed E-state index contributed by atoms with van der Waals surface area (Å²) in [4.78, 5) is 12.9. The first-order valence-electron chi connectivity index (χ1n) is 4.64. The van der Waals surface area contributed by atoms with Gasteiger partial charge in [0.2, 0.25) is 0 Å². The number of nitrogens with zero attached hydrogens (tertiary/aromatic N) is 1. The molecule has 13 heavy (non-hydrogen) atoms. The Labute approximate surface area is 77.3 Å². The van der Waals surface area contributed by atoms with Gasteiger partial charge in [0.25, 0.3) is 0 Å². The lowest BCUT2D eigenvalue weighted by atomic mass is 10.2. The van der Waals surface area contributed by atoms with Crippen molar-refractivity contribution in [3.63, 3.8) is 0 Å². The topological polar surface area (TPSA) is 33.5 Å². The van der Waals surface area contributed by atoms with Gasteiger partial charge in [-0.1, -0.05) is 0 Å². The Kier molecular flexibility index (Phi) is 2.45. The number of carbonyl (C=O) groups is 1. The first kappa shape index (κ1) is 8.51. The molecule has 0 unspecified atom stereocenters. The summed E-state index contributed by atoms with van der Waals surface area (Å²) in [5.74, 6) is 0.803. The van der Waals surface area contributed by atoms with Gasteiger partial charge in [-0.05, 0) is 32.0 Å². The van der Waals surface area contributed by atoms with Gasteiger partial charge in [0.1, 0.15) is 5.76 Å². The minimum atomic E-state index is 0.687. The van der Waals surface area contributed by atoms with E-state index >= 15 is 0 Å². The highest BCUT2D eigenvalue weighted by atomic mass is 16.3. The Morgan fingerprint density at radius 1 is 1.46 bits per heavy atom. The average Bonchev–Trinajstić information content (AvgIpc) is 2.76. The largest absolute Gasteiger partial charge is 0.467 e. The molecule has 3 nitrogen and oxygen atoms in total. The number of likely N-dealkylation sites (tertiary alicyclic amines) is 1. The van der Waals surface area contributed by atoms with Crippen molar-refractivity contribution in [2.45, 2.75) is 19.4 Å². The first-order chi connectivity index (χ1) is 6.40. The summed E-state index contributed by atoms with van der Waals surface area (Å²) in [5.41, 5.74) is 0.687. The standard InChI is InChI=1S/C10H13NO2/c12-8-9-3-6-13-10(9)7-11-4-1-2-5-11/h3,6,8H,1-2,4-5,7H2. The lowest BCUT2D eigenvalue weighted by Gasteiger charge is -2.12. The van der Waals surface area contributed by atoms with Crippen molar-refractivity contribution >= 4 is 6.29 Å². The van der Waals surface area contributed by atoms with Gasteiger partial charge in [-0.2, -0.15) is 0 Å². The molecule has 1 aromatic heterocycles. The second kappa shape index (κ2) is 3.75. The third kappa shape index (κ3) is 1.80. The number of carbonyl (C=O) groups excluding carboxylic acids is 1. The fraction of sp³-hybridized carbons (Fsp3) is 0.500. The second-order valence-electron chi connectivity index (χ2n) is 3.40. The Hall–Kier alpha value is -1.09. The molecule has 1 saturated heterocycles. The molecular weight excluding hydrogens is 166 g/mol. The van der Waals surface area contributed by atoms with E-state index in [1.165, 1.54) is 12.8 Å². The third-order valence-electron chi connectivity index (χ3n) is 2.47. The van der Waals surface area contributed by atoms with E-state index in [0.29, 0.717) is 5.56 Å². The summed E-state index contributed by atoms with van der Waals surface area (Å²) >= 11 is 0. The van der Waals surface area contributed by atoms with Crippen LogP contribution in [0.3, 0.4) is 0 Å². The molecule has 0 spiro atoms. The SMILES string of the molecule is O=Cc1ccoc1CN1CCCC1. The van der Waals surface area contributed by atoms with E-state index in [1.54, 1.807) is 12.3 Å². The van der Waals surface area contributed by atoms with Crippen molar-refractivity contribution in [2.75, 3.05) is 13.1 Å². The highest BCUT2D eigenvalue weighted by molar-refractivity contribution is 5.75. The predicted molar refractivity (Wildman–Crippen MR) is 48.6 cm³/mol. The molecule has 1 aliphatic heterocycles. The molecule has 2 rings (SSSR count). The van der Waals surface area contributed by atoms with E-state index in [2.05, 4.69) is 4.90 Å². The molecule has 0 amide bonds. The third-order valence-corrected chi connectivity index (χ3v) is 2.47. The van der Waals surface area contributed by atoms with Gasteiger partial charge in [0.05, 0.1) is 18.4 Å². The van der Waals surface area contributed by atoms with Crippen LogP contribution in [0.15, 0.2) is 16.7 Å². The molecule has 0 bridgehead atoms. The van der Waals surface area contributed by atoms with Crippen molar-refractivity contribution in [2.24, 2.45) is 0 Å². The number of hydrogen-bond donors (Lipinski definition) is 0. The Morgan fingerprint density at radius 3 is 2.92 bits per heavy atom. The fourth-order valence-corrected chi connectivity index (χ4v) is 1.73. The lowest BCUT2D eigenvalue weighted by Crippen LogP contribution is -2.18. The molecule has 3 heteroatoms. The molecule has 70 valence electrons. The van der Waals surface area contributed by atoms with Crippen molar-refractivity contribution in [3.8, 4) is 0 Å². The van der Waals surface area contributed by atoms with Gasteiger partial charge in [-0.3, -0.25) is 9.69 Å². The van der Waals surface area contributed by atoms with Gasteiger partial charge < -0.3 is 4.42 Å². The van der Waals surface area contributed by atoms with E-state index < -0.39 is 0 Å². The van der Waals surface area contributed by atoms with Crippen LogP contribution >= 0.6 is 0 Å². The van der Waals surface area contributed by atoms with E-state index in [9.17, 15) is 4.79 Å². The van der Waals surface area contributed by atoms with Gasteiger partial charge in [0.15, 0.2) is 6.29 Å². The van der Waals surface area contributed by atoms with E-state index in [-0.39, 0.29) is 0 Å². The quantitative estimate of drug-likeness (QED) is 0.662. The van der Waals surface area contributed by atoms with Crippen LogP contribution in [0, 0.1) is 0 Å². The average molecular weight is 179 g/mol. The van der Waals surface area contributed by atoms with E-state index in [1.807, 2.05) is 0 Å². The monoisotopic (exact) mass is 179 g/mol. The van der Waals surface area contributed by atoms with Gasteiger partial charge in [0, 0.05) is 0 Å². The van der Waals surface area contributed by atoms with Crippen LogP contribution in [0.5, 0.6) is 0 Å². The van der Waals surface area contributed by atoms with E-state index in [4.69, 9.17) is 4.42 Å². The maximum absolute atomic E-state index is 10.6. The van der Waals surface area contributed by atoms with Gasteiger partial charge >= 0.3 is 0 Å². The van der Waals surface area contributed by atoms with Crippen LogP contribution < -0.4 is 0 Å². The predicted octanol–water partition coefficient (Wildman–Crippen LogP) is 1.69. The molecule has 0 N–H and O–H groups in total. The normalized spacial score (nSPS) is 17.8. The van der Waals surface area contributed by atoms with Crippen LogP contribution in [-0.4, -0.2) is 24.3 Å². The Bertz CT molecular complexity index is 287. The number of rotatable bonds is 3. The second-order valence-corrected chi connectivity index (χ2v) is 3.40. The molecule has 0 aliphatic carbocycles. The molecule has 2 heterocycles. The Morgan fingerprint density at radius 2 is 2.23 bits per heavy atom. The summed E-state index contributed by atoms with van der Waals surface area (Å²) in [5, 5.41) is 0. The summed E-state index contributed by atoms with van der Waals surface area (Å²) < 4.78 is 5.24. The van der Waals surface area contributed by atoms with Crippen LogP contribution in [0.2, 0.25) is 0 Å². The summed E-state index contributed by atoms with van der Waals surface area (Å²) in [6.07, 6.45) is 4.96. The van der Waals surface area contributed by atoms with Crippen LogP contribution in [0.1, 0.15) is 29.0 Å². The molecule has 0 aromatic carbocycles. The molecule has 1 fully saturated rings. The first-order valence-corrected chi connectivity index (χ1v) is 4.64. The zero-order valence-corrected chi connectivity index (χ0v) is 7.53. The number of hydrogen-bond acceptors (Lipinski definition) is 3. The van der Waals surface area contributed by atoms with Crippen molar-refractivity contribution < 1.29 is 9.21 Å². The lowest BCUT2D eigenvalue weighted by molar-refractivity contribution is 0.112. The van der Waals surface area contributed by atoms with Crippen LogP contribution in [0.4, 0.5) is 0 Å². The highest BCUT2D eigenvalue weighted by Crippen LogP contribution is 2.15. The summed E-state index contributed by atoms with van der Waals surface area (Å²) in [6.45, 7) is 3.03. The maximum atomic E-state index is 10.6. The summed E-state index contributed by atoms with van der Waals surface area (Å²) in [7, 11) is 0. The minimum absolute atomic E-state index is 0.687. The zero-order valence-electron chi connectivity index (χ0n) is 7.53. The van der Waals surface area contributed by atoms with Crippen molar-refractivity contribution in [3.05, 3.63) is 23.7 Å². The number of furan rings is 1. The molecule has 1 aromatic rings. The molecule has 0 atom stereocenters. The van der Waals surface area contributed by atoms with E-state index in [0.717, 1.165) is 31.7 Å². The van der Waals surface area contributed by atoms with Crippen LogP contribution in [-0.2, 0) is 6.54 Å². The highest BCUT2D eigenvalue weighted by Gasteiger charge is 2.15. The van der Waals surface area contributed by atoms with Crippen molar-refractivity contribution in [1.82, 2.24) is 4.90 Å². The molecular formula is C10H13NO2. The van der Waals surface area contributed by atoms with Crippen molar-refractivity contribution in [1.29, 1.82) is 0 Å². The maximum Gasteiger partial charge on any atom is 0.153 e.